The quantitative estimate of drug-likeness (QED) is 0.500. The average Bonchev–Trinajstić information content (AvgIpc) is 2.09. The monoisotopic (exact) mass is 184 g/mol. The van der Waals surface area contributed by atoms with Crippen molar-refractivity contribution in [2.75, 3.05) is 0 Å². The highest BCUT2D eigenvalue weighted by Gasteiger charge is 2.29. The smallest absolute Gasteiger partial charge is 0.178 e. The molecule has 72 valence electrons. The second kappa shape index (κ2) is 3.83. The molecule has 0 heterocycles. The number of hydrogen-bond acceptors (Lipinski definition) is 4. The predicted octanol–water partition coefficient (Wildman–Crippen LogP) is 0.681. The fourth-order valence-electron chi connectivity index (χ4n) is 1.25. The zero-order valence-electron chi connectivity index (χ0n) is 7.30. The van der Waals surface area contributed by atoms with Gasteiger partial charge in [0.1, 0.15) is 5.60 Å². The summed E-state index contributed by atoms with van der Waals surface area (Å²) in [5.41, 5.74) is -1.05. The van der Waals surface area contributed by atoms with E-state index in [0.717, 1.165) is 0 Å². The fourth-order valence-corrected chi connectivity index (χ4v) is 1.25. The average molecular weight is 184 g/mol. The first kappa shape index (κ1) is 10.1. The van der Waals surface area contributed by atoms with Gasteiger partial charge in [0.2, 0.25) is 0 Å². The normalized spacial score (nSPS) is 21.9. The van der Waals surface area contributed by atoms with Crippen molar-refractivity contribution in [3.63, 3.8) is 0 Å². The summed E-state index contributed by atoms with van der Waals surface area (Å²) in [4.78, 5) is 15.0. The van der Waals surface area contributed by atoms with Crippen molar-refractivity contribution >= 4 is 5.78 Å². The van der Waals surface area contributed by atoms with E-state index in [-0.39, 0.29) is 12.2 Å². The molecule has 4 nitrogen and oxygen atoms in total. The van der Waals surface area contributed by atoms with Crippen molar-refractivity contribution in [2.45, 2.75) is 25.0 Å². The van der Waals surface area contributed by atoms with Gasteiger partial charge in [0, 0.05) is 6.42 Å². The van der Waals surface area contributed by atoms with Crippen molar-refractivity contribution < 1.29 is 20.0 Å². The second-order valence-corrected chi connectivity index (χ2v) is 3.17. The van der Waals surface area contributed by atoms with Crippen LogP contribution < -0.4 is 0 Å². The lowest BCUT2D eigenvalue weighted by Gasteiger charge is -2.26. The van der Waals surface area contributed by atoms with Crippen LogP contribution >= 0.6 is 0 Å². The van der Waals surface area contributed by atoms with Gasteiger partial charge in [0.05, 0.1) is 6.10 Å². The zero-order chi connectivity index (χ0) is 9.90. The first-order valence-electron chi connectivity index (χ1n) is 4.01. The molecule has 2 N–H and O–H groups in total. The minimum Gasteiger partial charge on any atom is -0.393 e. The maximum absolute atomic E-state index is 10.8. The van der Waals surface area contributed by atoms with Gasteiger partial charge in [-0.05, 0) is 31.2 Å². The Balaban J connectivity index is 2.77. The van der Waals surface area contributed by atoms with E-state index in [9.17, 15) is 4.79 Å². The van der Waals surface area contributed by atoms with Crippen molar-refractivity contribution in [1.82, 2.24) is 0 Å². The minimum absolute atomic E-state index is 0.154. The summed E-state index contributed by atoms with van der Waals surface area (Å²) >= 11 is 0. The highest BCUT2D eigenvalue weighted by atomic mass is 17.1. The highest BCUT2D eigenvalue weighted by Crippen LogP contribution is 2.23. The van der Waals surface area contributed by atoms with E-state index >= 15 is 0 Å². The molecule has 0 aromatic heterocycles. The van der Waals surface area contributed by atoms with E-state index in [1.165, 1.54) is 24.3 Å². The number of rotatable bonds is 3. The van der Waals surface area contributed by atoms with Crippen LogP contribution in [0.1, 0.15) is 13.3 Å². The van der Waals surface area contributed by atoms with E-state index in [0.29, 0.717) is 0 Å². The molecule has 0 amide bonds. The standard InChI is InChI=1S/C9H12O4/c1-7(10)6-9(13-12)4-2-8(11)3-5-9/h2-5,7,10,12H,6H2,1H3. The van der Waals surface area contributed by atoms with Gasteiger partial charge in [-0.3, -0.25) is 10.1 Å². The summed E-state index contributed by atoms with van der Waals surface area (Å²) in [6.45, 7) is 1.58. The van der Waals surface area contributed by atoms with Crippen molar-refractivity contribution in [1.29, 1.82) is 0 Å². The van der Waals surface area contributed by atoms with Gasteiger partial charge in [0.15, 0.2) is 5.78 Å². The number of hydrogen-bond donors (Lipinski definition) is 2. The zero-order valence-corrected chi connectivity index (χ0v) is 7.30. The molecule has 0 saturated carbocycles. The lowest BCUT2D eigenvalue weighted by molar-refractivity contribution is -0.297. The molecular weight excluding hydrogens is 172 g/mol. The van der Waals surface area contributed by atoms with Crippen molar-refractivity contribution in [2.24, 2.45) is 0 Å². The number of carbonyl (C=O) groups excluding carboxylic acids is 1. The van der Waals surface area contributed by atoms with Crippen LogP contribution in [0.3, 0.4) is 0 Å². The Morgan fingerprint density at radius 1 is 1.54 bits per heavy atom. The van der Waals surface area contributed by atoms with Gasteiger partial charge in [-0.1, -0.05) is 0 Å². The third-order valence-electron chi connectivity index (χ3n) is 1.84. The van der Waals surface area contributed by atoms with Gasteiger partial charge in [0.25, 0.3) is 0 Å². The summed E-state index contributed by atoms with van der Waals surface area (Å²) in [6, 6.07) is 0. The topological polar surface area (TPSA) is 66.8 Å². The van der Waals surface area contributed by atoms with Crippen molar-refractivity contribution in [3.8, 4) is 0 Å². The SMILES string of the molecule is CC(O)CC1(OO)C=CC(=O)C=C1. The lowest BCUT2D eigenvalue weighted by Crippen LogP contribution is -2.32. The number of carbonyl (C=O) groups is 1. The largest absolute Gasteiger partial charge is 0.393 e. The van der Waals surface area contributed by atoms with Gasteiger partial charge in [-0.25, -0.2) is 4.89 Å². The number of aliphatic hydroxyl groups is 1. The Labute approximate surface area is 76.1 Å². The van der Waals surface area contributed by atoms with Gasteiger partial charge in [-0.15, -0.1) is 0 Å². The van der Waals surface area contributed by atoms with Gasteiger partial charge < -0.3 is 5.11 Å². The van der Waals surface area contributed by atoms with Gasteiger partial charge in [-0.2, -0.15) is 0 Å². The van der Waals surface area contributed by atoms with Crippen LogP contribution in [0.15, 0.2) is 24.3 Å². The minimum atomic E-state index is -1.05. The molecule has 0 saturated heterocycles. The molecule has 0 aliphatic heterocycles. The summed E-state index contributed by atoms with van der Waals surface area (Å²) in [5, 5.41) is 17.8. The van der Waals surface area contributed by atoms with E-state index in [4.69, 9.17) is 10.4 Å². The summed E-state index contributed by atoms with van der Waals surface area (Å²) < 4.78 is 0. The molecule has 0 aromatic rings. The van der Waals surface area contributed by atoms with E-state index in [2.05, 4.69) is 4.89 Å². The maximum atomic E-state index is 10.8. The molecule has 1 aliphatic rings. The van der Waals surface area contributed by atoms with Crippen LogP contribution in [0.4, 0.5) is 0 Å². The van der Waals surface area contributed by atoms with Gasteiger partial charge >= 0.3 is 0 Å². The molecule has 13 heavy (non-hydrogen) atoms. The van der Waals surface area contributed by atoms with E-state index < -0.39 is 11.7 Å². The Bertz CT molecular complexity index is 236. The summed E-state index contributed by atoms with van der Waals surface area (Å²) in [5.74, 6) is -0.154. The third-order valence-corrected chi connectivity index (χ3v) is 1.84. The summed E-state index contributed by atoms with van der Waals surface area (Å²) in [7, 11) is 0. The van der Waals surface area contributed by atoms with Crippen LogP contribution in [-0.2, 0) is 9.68 Å². The Kier molecular flexibility index (Phi) is 2.98. The molecule has 0 aromatic carbocycles. The molecule has 1 aliphatic carbocycles. The predicted molar refractivity (Wildman–Crippen MR) is 46.0 cm³/mol. The van der Waals surface area contributed by atoms with E-state index in [1.807, 2.05) is 0 Å². The first-order chi connectivity index (χ1) is 6.08. The molecule has 0 radical (unpaired) electrons. The highest BCUT2D eigenvalue weighted by molar-refractivity contribution is 6.00. The number of aliphatic hydroxyl groups excluding tert-OH is 1. The Morgan fingerprint density at radius 2 is 2.08 bits per heavy atom. The molecule has 0 fully saturated rings. The van der Waals surface area contributed by atoms with Crippen LogP contribution in [0.5, 0.6) is 0 Å². The maximum Gasteiger partial charge on any atom is 0.178 e. The lowest BCUT2D eigenvalue weighted by atomic mass is 9.92. The van der Waals surface area contributed by atoms with Crippen LogP contribution in [0.2, 0.25) is 0 Å². The molecular formula is C9H12O4. The molecule has 1 atom stereocenters. The third kappa shape index (κ3) is 2.48. The molecule has 0 spiro atoms. The second-order valence-electron chi connectivity index (χ2n) is 3.17. The fraction of sp³-hybridized carbons (Fsp3) is 0.444. The Morgan fingerprint density at radius 3 is 2.46 bits per heavy atom. The van der Waals surface area contributed by atoms with Crippen LogP contribution in [-0.4, -0.2) is 27.9 Å². The molecule has 1 unspecified atom stereocenters. The Hall–Kier alpha value is -0.970. The van der Waals surface area contributed by atoms with Crippen molar-refractivity contribution in [3.05, 3.63) is 24.3 Å². The number of allylic oxidation sites excluding steroid dienone is 2. The molecule has 0 bridgehead atoms. The molecule has 1 rings (SSSR count). The summed E-state index contributed by atoms with van der Waals surface area (Å²) in [6.07, 6.45) is 5.07. The molecule has 4 heteroatoms. The van der Waals surface area contributed by atoms with Crippen LogP contribution in [0, 0.1) is 0 Å². The first-order valence-corrected chi connectivity index (χ1v) is 4.01. The van der Waals surface area contributed by atoms with Crippen LogP contribution in [0.25, 0.3) is 0 Å². The number of ketones is 1. The van der Waals surface area contributed by atoms with E-state index in [1.54, 1.807) is 6.92 Å².